The predicted octanol–water partition coefficient (Wildman–Crippen LogP) is 7.51. The summed E-state index contributed by atoms with van der Waals surface area (Å²) in [6.45, 7) is 4.92. The Morgan fingerprint density at radius 1 is 1.00 bits per heavy atom. The number of halogens is 1. The van der Waals surface area contributed by atoms with Gasteiger partial charge in [-0.15, -0.1) is 0 Å². The molecule has 0 unspecified atom stereocenters. The highest BCUT2D eigenvalue weighted by molar-refractivity contribution is 7.80. The first-order chi connectivity index (χ1) is 20.0. The van der Waals surface area contributed by atoms with Gasteiger partial charge in [0, 0.05) is 35.0 Å². The van der Waals surface area contributed by atoms with Gasteiger partial charge in [0.05, 0.1) is 19.2 Å². The number of furan rings is 1. The fourth-order valence-electron chi connectivity index (χ4n) is 4.09. The molecule has 0 aliphatic heterocycles. The summed E-state index contributed by atoms with van der Waals surface area (Å²) in [5.74, 6) is 3.21. The van der Waals surface area contributed by atoms with Gasteiger partial charge in [-0.3, -0.25) is 0 Å². The van der Waals surface area contributed by atoms with Crippen molar-refractivity contribution >= 4 is 35.0 Å². The van der Waals surface area contributed by atoms with Crippen LogP contribution in [-0.2, 0) is 13.2 Å². The van der Waals surface area contributed by atoms with Gasteiger partial charge in [0.15, 0.2) is 11.5 Å². The summed E-state index contributed by atoms with van der Waals surface area (Å²) in [6.07, 6.45) is 1.50. The van der Waals surface area contributed by atoms with Crippen molar-refractivity contribution in [3.63, 3.8) is 0 Å². The number of nitrogens with zero attached hydrogens (tertiary/aromatic N) is 3. The van der Waals surface area contributed by atoms with E-state index in [0.29, 0.717) is 41.1 Å². The zero-order valence-electron chi connectivity index (χ0n) is 23.2. The van der Waals surface area contributed by atoms with Crippen LogP contribution in [0.3, 0.4) is 0 Å². The molecule has 41 heavy (non-hydrogen) atoms. The van der Waals surface area contributed by atoms with Crippen LogP contribution in [0.1, 0.15) is 25.2 Å². The van der Waals surface area contributed by atoms with E-state index >= 15 is 0 Å². The van der Waals surface area contributed by atoms with E-state index in [4.69, 9.17) is 13.9 Å². The minimum Gasteiger partial charge on any atom is -0.493 e. The lowest BCUT2D eigenvalue weighted by Crippen LogP contribution is -2.20. The maximum Gasteiger partial charge on any atom is 0.162 e. The van der Waals surface area contributed by atoms with Crippen LogP contribution >= 0.6 is 12.6 Å². The molecule has 0 radical (unpaired) electrons. The van der Waals surface area contributed by atoms with Crippen molar-refractivity contribution in [3.05, 3.63) is 96.3 Å². The van der Waals surface area contributed by atoms with Gasteiger partial charge < -0.3 is 24.4 Å². The molecule has 0 fully saturated rings. The molecule has 0 bridgehead atoms. The van der Waals surface area contributed by atoms with Gasteiger partial charge in [0.25, 0.3) is 0 Å². The second kappa shape index (κ2) is 14.5. The van der Waals surface area contributed by atoms with Crippen molar-refractivity contribution in [2.75, 3.05) is 24.7 Å². The molecule has 5 aromatic rings. The minimum atomic E-state index is -0.309. The lowest BCUT2D eigenvalue weighted by Gasteiger charge is -2.14. The average molecular weight is 577 g/mol. The number of rotatable bonds is 11. The van der Waals surface area contributed by atoms with Crippen molar-refractivity contribution in [2.24, 2.45) is 0 Å². The Labute approximate surface area is 244 Å². The number of benzene rings is 3. The van der Waals surface area contributed by atoms with Crippen molar-refractivity contribution in [3.8, 4) is 22.8 Å². The Kier molecular flexibility index (Phi) is 10.6. The molecule has 0 spiro atoms. The largest absolute Gasteiger partial charge is 0.493 e. The molecule has 0 amide bonds. The van der Waals surface area contributed by atoms with Crippen LogP contribution in [0.5, 0.6) is 11.5 Å². The Balaban J connectivity index is 0.00000189. The Morgan fingerprint density at radius 2 is 1.85 bits per heavy atom. The second-order valence-electron chi connectivity index (χ2n) is 8.74. The summed E-state index contributed by atoms with van der Waals surface area (Å²) in [5, 5.41) is 15.2. The fourth-order valence-corrected chi connectivity index (χ4v) is 4.32. The lowest BCUT2D eigenvalue weighted by molar-refractivity contribution is -0.0974. The van der Waals surface area contributed by atoms with Crippen LogP contribution in [0.15, 0.2) is 83.5 Å². The van der Waals surface area contributed by atoms with Gasteiger partial charge in [0.2, 0.25) is 0 Å². The molecule has 5 rings (SSSR count). The minimum absolute atomic E-state index is 0.209. The first-order valence-corrected chi connectivity index (χ1v) is 13.9. The molecule has 8 nitrogen and oxygen atoms in total. The standard InChI is InChI=1S/C29H27FN4O4S.C2H6/c1-36-28-15-22(6-9-27(28)37-17-19-3-2-4-21(30)13-19)33-29-24-14-20(5-8-25(24)31-18-32-29)26-10-7-23(38-26)16-34(35)11-12-39;1-2/h2-10,13-15,18,35,39H,11-12,16-17H2,1H3,(H,31,32,33);1-2H3. The monoisotopic (exact) mass is 576 g/mol. The molecule has 2 N–H and O–H groups in total. The van der Waals surface area contributed by atoms with E-state index in [1.807, 2.05) is 56.3 Å². The van der Waals surface area contributed by atoms with Crippen LogP contribution in [0.4, 0.5) is 15.9 Å². The third-order valence-corrected chi connectivity index (χ3v) is 6.19. The molecule has 0 aliphatic carbocycles. The summed E-state index contributed by atoms with van der Waals surface area (Å²) in [5.41, 5.74) is 3.07. The normalized spacial score (nSPS) is 10.8. The number of ether oxygens (including phenoxy) is 2. The average Bonchev–Trinajstić information content (AvgIpc) is 3.46. The smallest absolute Gasteiger partial charge is 0.162 e. The van der Waals surface area contributed by atoms with Crippen LogP contribution in [0.25, 0.3) is 22.2 Å². The van der Waals surface area contributed by atoms with E-state index in [1.54, 1.807) is 25.3 Å². The Bertz CT molecular complexity index is 1580. The molecule has 0 saturated carbocycles. The van der Waals surface area contributed by atoms with Gasteiger partial charge in [-0.25, -0.2) is 14.4 Å². The molecule has 0 saturated heterocycles. The van der Waals surface area contributed by atoms with Crippen molar-refractivity contribution < 1.29 is 23.5 Å². The first-order valence-electron chi connectivity index (χ1n) is 13.2. The number of hydrogen-bond acceptors (Lipinski definition) is 9. The van der Waals surface area contributed by atoms with Crippen molar-refractivity contribution in [1.82, 2.24) is 15.0 Å². The Morgan fingerprint density at radius 3 is 2.63 bits per heavy atom. The third kappa shape index (κ3) is 7.75. The van der Waals surface area contributed by atoms with Gasteiger partial charge in [-0.05, 0) is 60.2 Å². The highest BCUT2D eigenvalue weighted by Gasteiger charge is 2.13. The van der Waals surface area contributed by atoms with E-state index < -0.39 is 0 Å². The summed E-state index contributed by atoms with van der Waals surface area (Å²) >= 11 is 4.14. The van der Waals surface area contributed by atoms with Crippen LogP contribution in [-0.4, -0.2) is 39.6 Å². The van der Waals surface area contributed by atoms with Crippen molar-refractivity contribution in [1.29, 1.82) is 0 Å². The molecule has 0 atom stereocenters. The number of aromatic nitrogens is 2. The summed E-state index contributed by atoms with van der Waals surface area (Å²) in [4.78, 5) is 8.85. The maximum atomic E-state index is 13.5. The van der Waals surface area contributed by atoms with Crippen LogP contribution in [0, 0.1) is 5.82 Å². The van der Waals surface area contributed by atoms with Gasteiger partial charge in [-0.2, -0.15) is 17.7 Å². The topological polar surface area (TPSA) is 92.9 Å². The molecule has 0 aliphatic rings. The van der Waals surface area contributed by atoms with E-state index in [9.17, 15) is 9.60 Å². The van der Waals surface area contributed by atoms with Gasteiger partial charge >= 0.3 is 0 Å². The molecule has 3 aromatic carbocycles. The summed E-state index contributed by atoms with van der Waals surface area (Å²) in [6, 6.07) is 21.2. The highest BCUT2D eigenvalue weighted by atomic mass is 32.1. The molecule has 2 aromatic heterocycles. The first kappa shape index (κ1) is 29.9. The molecule has 2 heterocycles. The summed E-state index contributed by atoms with van der Waals surface area (Å²) < 4.78 is 30.9. The van der Waals surface area contributed by atoms with Gasteiger partial charge in [-0.1, -0.05) is 26.0 Å². The zero-order valence-corrected chi connectivity index (χ0v) is 24.1. The Hall–Kier alpha value is -4.12. The van der Waals surface area contributed by atoms with E-state index in [1.165, 1.54) is 18.5 Å². The zero-order chi connectivity index (χ0) is 29.2. The number of methoxy groups -OCH3 is 1. The third-order valence-electron chi connectivity index (χ3n) is 5.99. The van der Waals surface area contributed by atoms with Crippen LogP contribution in [0.2, 0.25) is 0 Å². The lowest BCUT2D eigenvalue weighted by atomic mass is 10.1. The number of hydrogen-bond donors (Lipinski definition) is 3. The van der Waals surface area contributed by atoms with Gasteiger partial charge in [0.1, 0.15) is 36.1 Å². The number of anilines is 2. The SMILES string of the molecule is CC.COc1cc(Nc2ncnc3ccc(-c4ccc(CN(O)CCS)o4)cc23)ccc1OCc1cccc(F)c1. The molecular weight excluding hydrogens is 543 g/mol. The van der Waals surface area contributed by atoms with Crippen LogP contribution < -0.4 is 14.8 Å². The number of fused-ring (bicyclic) bond motifs is 1. The maximum absolute atomic E-state index is 13.5. The number of hydroxylamine groups is 2. The fraction of sp³-hybridized carbons (Fsp3) is 0.226. The van der Waals surface area contributed by atoms with E-state index in [2.05, 4.69) is 27.9 Å². The molecule has 214 valence electrons. The van der Waals surface area contributed by atoms with Crippen molar-refractivity contribution in [2.45, 2.75) is 27.0 Å². The number of nitrogens with one attached hydrogen (secondary N) is 1. The number of thiol groups is 1. The van der Waals surface area contributed by atoms with E-state index in [0.717, 1.165) is 32.8 Å². The molecular formula is C31H33FN4O4S. The second-order valence-corrected chi connectivity index (χ2v) is 9.19. The molecule has 10 heteroatoms. The quantitative estimate of drug-likeness (QED) is 0.110. The summed E-state index contributed by atoms with van der Waals surface area (Å²) in [7, 11) is 1.56. The predicted molar refractivity (Wildman–Crippen MR) is 162 cm³/mol. The highest BCUT2D eigenvalue weighted by Crippen LogP contribution is 2.34. The van der Waals surface area contributed by atoms with E-state index in [-0.39, 0.29) is 19.0 Å².